The van der Waals surface area contributed by atoms with Crippen LogP contribution in [0.2, 0.25) is 0 Å². The van der Waals surface area contributed by atoms with Crippen LogP contribution < -0.4 is 4.74 Å². The van der Waals surface area contributed by atoms with Crippen LogP contribution >= 0.6 is 11.6 Å². The van der Waals surface area contributed by atoms with Gasteiger partial charge in [0.2, 0.25) is 0 Å². The summed E-state index contributed by atoms with van der Waals surface area (Å²) >= 11 is 5.86. The molecule has 0 radical (unpaired) electrons. The molecule has 0 bridgehead atoms. The summed E-state index contributed by atoms with van der Waals surface area (Å²) < 4.78 is 7.66. The molecule has 0 N–H and O–H groups in total. The molecule has 0 aliphatic heterocycles. The molecule has 0 atom stereocenters. The Balaban J connectivity index is 2.10. The molecule has 1 aromatic carbocycles. The number of ether oxygens (including phenoxy) is 1. The summed E-state index contributed by atoms with van der Waals surface area (Å²) in [6.45, 7) is 2.62. The molecule has 0 unspecified atom stereocenters. The van der Waals surface area contributed by atoms with Crippen LogP contribution in [-0.2, 0) is 5.88 Å². The summed E-state index contributed by atoms with van der Waals surface area (Å²) in [5.74, 6) is 1.35. The maximum atomic E-state index is 5.86. The van der Waals surface area contributed by atoms with E-state index in [0.29, 0.717) is 12.5 Å². The van der Waals surface area contributed by atoms with Crippen molar-refractivity contribution in [2.45, 2.75) is 12.8 Å². The van der Waals surface area contributed by atoms with Gasteiger partial charge in [-0.05, 0) is 36.8 Å². The molecule has 0 aliphatic rings. The van der Waals surface area contributed by atoms with Crippen LogP contribution in [-0.4, -0.2) is 16.0 Å². The van der Waals surface area contributed by atoms with Gasteiger partial charge in [0, 0.05) is 23.8 Å². The predicted molar refractivity (Wildman–Crippen MR) is 81.4 cm³/mol. The SMILES string of the molecule is CCOc1ccccc1-c1cn2ccc(CCl)cc2n1. The van der Waals surface area contributed by atoms with Gasteiger partial charge in [0.25, 0.3) is 0 Å². The topological polar surface area (TPSA) is 26.5 Å². The number of rotatable bonds is 4. The number of aromatic nitrogens is 2. The molecule has 2 aromatic heterocycles. The molecule has 0 amide bonds. The minimum Gasteiger partial charge on any atom is -0.493 e. The van der Waals surface area contributed by atoms with Gasteiger partial charge in [0.1, 0.15) is 11.4 Å². The number of benzene rings is 1. The van der Waals surface area contributed by atoms with Crippen LogP contribution in [0.4, 0.5) is 0 Å². The molecule has 0 saturated heterocycles. The predicted octanol–water partition coefficient (Wildman–Crippen LogP) is 4.14. The first-order chi connectivity index (χ1) is 9.81. The van der Waals surface area contributed by atoms with Gasteiger partial charge in [-0.25, -0.2) is 4.98 Å². The lowest BCUT2D eigenvalue weighted by Crippen LogP contribution is -1.93. The van der Waals surface area contributed by atoms with E-state index >= 15 is 0 Å². The quantitative estimate of drug-likeness (QED) is 0.674. The first kappa shape index (κ1) is 13.0. The van der Waals surface area contributed by atoms with E-state index in [1.165, 1.54) is 0 Å². The zero-order chi connectivity index (χ0) is 13.9. The molecule has 4 heteroatoms. The molecule has 0 aliphatic carbocycles. The molecule has 0 spiro atoms. The highest BCUT2D eigenvalue weighted by Crippen LogP contribution is 2.29. The van der Waals surface area contributed by atoms with Crippen LogP contribution in [0.3, 0.4) is 0 Å². The Kier molecular flexibility index (Phi) is 3.61. The Bertz CT molecular complexity index is 736. The first-order valence-electron chi connectivity index (χ1n) is 6.57. The number of fused-ring (bicyclic) bond motifs is 1. The number of imidazole rings is 1. The summed E-state index contributed by atoms with van der Waals surface area (Å²) in [6, 6.07) is 11.9. The fourth-order valence-corrected chi connectivity index (χ4v) is 2.36. The molecule has 3 rings (SSSR count). The Labute approximate surface area is 122 Å². The highest BCUT2D eigenvalue weighted by molar-refractivity contribution is 6.17. The Morgan fingerprint density at radius 2 is 2.10 bits per heavy atom. The Morgan fingerprint density at radius 1 is 1.25 bits per heavy atom. The molecular weight excluding hydrogens is 272 g/mol. The fraction of sp³-hybridized carbons (Fsp3) is 0.188. The van der Waals surface area contributed by atoms with Crippen molar-refractivity contribution in [3.63, 3.8) is 0 Å². The number of halogens is 1. The lowest BCUT2D eigenvalue weighted by molar-refractivity contribution is 0.341. The highest BCUT2D eigenvalue weighted by Gasteiger charge is 2.09. The van der Waals surface area contributed by atoms with Gasteiger partial charge >= 0.3 is 0 Å². The average Bonchev–Trinajstić information content (AvgIpc) is 2.90. The summed E-state index contributed by atoms with van der Waals surface area (Å²) in [6.07, 6.45) is 3.98. The average molecular weight is 287 g/mol. The van der Waals surface area contributed by atoms with Crippen molar-refractivity contribution in [3.05, 3.63) is 54.4 Å². The molecular formula is C16H15ClN2O. The van der Waals surface area contributed by atoms with Crippen molar-refractivity contribution >= 4 is 17.2 Å². The van der Waals surface area contributed by atoms with Crippen molar-refractivity contribution in [1.29, 1.82) is 0 Å². The third-order valence-electron chi connectivity index (χ3n) is 3.14. The molecule has 3 aromatic rings. The summed E-state index contributed by atoms with van der Waals surface area (Å²) in [7, 11) is 0. The second kappa shape index (κ2) is 5.55. The zero-order valence-electron chi connectivity index (χ0n) is 11.2. The van der Waals surface area contributed by atoms with Crippen LogP contribution in [0.5, 0.6) is 5.75 Å². The summed E-state index contributed by atoms with van der Waals surface area (Å²) in [5, 5.41) is 0. The van der Waals surface area contributed by atoms with Gasteiger partial charge in [-0.1, -0.05) is 12.1 Å². The second-order valence-electron chi connectivity index (χ2n) is 4.49. The molecule has 102 valence electrons. The van der Waals surface area contributed by atoms with Gasteiger partial charge in [0.05, 0.1) is 12.3 Å². The van der Waals surface area contributed by atoms with Crippen molar-refractivity contribution < 1.29 is 4.74 Å². The third kappa shape index (κ3) is 2.37. The number of pyridine rings is 1. The number of nitrogens with zero attached hydrogens (tertiary/aromatic N) is 2. The van der Waals surface area contributed by atoms with E-state index in [1.807, 2.05) is 60.1 Å². The molecule has 3 nitrogen and oxygen atoms in total. The smallest absolute Gasteiger partial charge is 0.137 e. The number of para-hydroxylation sites is 1. The Morgan fingerprint density at radius 3 is 2.90 bits per heavy atom. The van der Waals surface area contributed by atoms with Crippen LogP contribution in [0, 0.1) is 0 Å². The van der Waals surface area contributed by atoms with Gasteiger partial charge in [0.15, 0.2) is 0 Å². The fourth-order valence-electron chi connectivity index (χ4n) is 2.20. The lowest BCUT2D eigenvalue weighted by Gasteiger charge is -2.07. The van der Waals surface area contributed by atoms with Crippen LogP contribution in [0.15, 0.2) is 48.8 Å². The third-order valence-corrected chi connectivity index (χ3v) is 3.45. The van der Waals surface area contributed by atoms with Crippen molar-refractivity contribution in [3.8, 4) is 17.0 Å². The van der Waals surface area contributed by atoms with Gasteiger partial charge in [-0.3, -0.25) is 0 Å². The van der Waals surface area contributed by atoms with Crippen LogP contribution in [0.25, 0.3) is 16.9 Å². The normalized spacial score (nSPS) is 10.9. The number of alkyl halides is 1. The molecule has 0 fully saturated rings. The molecule has 20 heavy (non-hydrogen) atoms. The van der Waals surface area contributed by atoms with Crippen LogP contribution in [0.1, 0.15) is 12.5 Å². The minimum atomic E-state index is 0.494. The molecule has 2 heterocycles. The number of hydrogen-bond acceptors (Lipinski definition) is 2. The van der Waals surface area contributed by atoms with Gasteiger partial charge in [-0.2, -0.15) is 0 Å². The van der Waals surface area contributed by atoms with E-state index in [9.17, 15) is 0 Å². The van der Waals surface area contributed by atoms with Crippen molar-refractivity contribution in [2.24, 2.45) is 0 Å². The van der Waals surface area contributed by atoms with E-state index in [2.05, 4.69) is 4.98 Å². The van der Waals surface area contributed by atoms with E-state index in [1.54, 1.807) is 0 Å². The second-order valence-corrected chi connectivity index (χ2v) is 4.76. The van der Waals surface area contributed by atoms with Crippen molar-refractivity contribution in [2.75, 3.05) is 6.61 Å². The Hall–Kier alpha value is -2.00. The standard InChI is InChI=1S/C16H15ClN2O/c1-2-20-15-6-4-3-5-13(15)14-11-19-8-7-12(10-17)9-16(19)18-14/h3-9,11H,2,10H2,1H3. The molecule has 0 saturated carbocycles. The summed E-state index contributed by atoms with van der Waals surface area (Å²) in [5.41, 5.74) is 3.87. The zero-order valence-corrected chi connectivity index (χ0v) is 12.0. The maximum absolute atomic E-state index is 5.86. The van der Waals surface area contributed by atoms with E-state index in [4.69, 9.17) is 16.3 Å². The lowest BCUT2D eigenvalue weighted by atomic mass is 10.1. The minimum absolute atomic E-state index is 0.494. The number of hydrogen-bond donors (Lipinski definition) is 0. The van der Waals surface area contributed by atoms with Gasteiger partial charge < -0.3 is 9.14 Å². The van der Waals surface area contributed by atoms with E-state index in [0.717, 1.165) is 28.2 Å². The first-order valence-corrected chi connectivity index (χ1v) is 7.11. The van der Waals surface area contributed by atoms with Crippen molar-refractivity contribution in [1.82, 2.24) is 9.38 Å². The van der Waals surface area contributed by atoms with E-state index in [-0.39, 0.29) is 0 Å². The monoisotopic (exact) mass is 286 g/mol. The van der Waals surface area contributed by atoms with E-state index < -0.39 is 0 Å². The largest absolute Gasteiger partial charge is 0.493 e. The highest BCUT2D eigenvalue weighted by atomic mass is 35.5. The van der Waals surface area contributed by atoms with Gasteiger partial charge in [-0.15, -0.1) is 11.6 Å². The summed E-state index contributed by atoms with van der Waals surface area (Å²) in [4.78, 5) is 4.66. The maximum Gasteiger partial charge on any atom is 0.137 e.